The van der Waals surface area contributed by atoms with Crippen molar-refractivity contribution in [3.05, 3.63) is 92.9 Å². The van der Waals surface area contributed by atoms with Crippen LogP contribution in [-0.2, 0) is 0 Å². The Bertz CT molecular complexity index is 1110. The molecule has 5 rings (SSSR count). The Morgan fingerprint density at radius 2 is 1.69 bits per heavy atom. The zero-order valence-electron chi connectivity index (χ0n) is 15.8. The van der Waals surface area contributed by atoms with Crippen LogP contribution in [0.15, 0.2) is 71.7 Å². The predicted molar refractivity (Wildman–Crippen MR) is 117 cm³/mol. The third kappa shape index (κ3) is 3.46. The number of nitrogens with zero attached hydrogens (tertiary/aromatic N) is 4. The minimum Gasteiger partial charge on any atom is -0.324 e. The number of halogens is 2. The van der Waals surface area contributed by atoms with Gasteiger partial charge in [-0.3, -0.25) is 4.90 Å². The van der Waals surface area contributed by atoms with E-state index in [4.69, 9.17) is 23.2 Å². The molecule has 3 aromatic rings. The first-order valence-corrected chi connectivity index (χ1v) is 10.1. The zero-order valence-corrected chi connectivity index (χ0v) is 17.3. The summed E-state index contributed by atoms with van der Waals surface area (Å²) in [5, 5.41) is 9.47. The lowest BCUT2D eigenvalue weighted by molar-refractivity contribution is 0.360. The SMILES string of the molecule is CN1CC2=C(Nc3ncnn3[C@H]2c2ccc(Cl)cc2)/C(=C/c2ccc(Cl)cc2)C1. The Balaban J connectivity index is 1.65. The molecular formula is C22H19Cl2N5. The van der Waals surface area contributed by atoms with Gasteiger partial charge in [0.1, 0.15) is 12.4 Å². The maximum absolute atomic E-state index is 6.13. The van der Waals surface area contributed by atoms with Gasteiger partial charge in [-0.2, -0.15) is 10.1 Å². The molecule has 146 valence electrons. The van der Waals surface area contributed by atoms with Crippen molar-refractivity contribution < 1.29 is 0 Å². The number of hydrogen-bond acceptors (Lipinski definition) is 4. The maximum Gasteiger partial charge on any atom is 0.226 e. The number of likely N-dealkylation sites (N-methyl/N-ethyl adjacent to an activating group) is 1. The molecule has 0 saturated heterocycles. The Labute approximate surface area is 179 Å². The van der Waals surface area contributed by atoms with Gasteiger partial charge in [-0.05, 0) is 59.7 Å². The summed E-state index contributed by atoms with van der Waals surface area (Å²) in [4.78, 5) is 6.75. The molecule has 0 bridgehead atoms. The Morgan fingerprint density at radius 1 is 1.00 bits per heavy atom. The highest BCUT2D eigenvalue weighted by Gasteiger charge is 2.34. The first-order chi connectivity index (χ1) is 14.1. The van der Waals surface area contributed by atoms with Crippen LogP contribution in [0.3, 0.4) is 0 Å². The maximum atomic E-state index is 6.13. The summed E-state index contributed by atoms with van der Waals surface area (Å²) in [6.45, 7) is 1.68. The van der Waals surface area contributed by atoms with Crippen molar-refractivity contribution in [3.63, 3.8) is 0 Å². The normalized spacial score (nSPS) is 20.4. The molecule has 7 heteroatoms. The van der Waals surface area contributed by atoms with E-state index in [9.17, 15) is 0 Å². The highest BCUT2D eigenvalue weighted by atomic mass is 35.5. The lowest BCUT2D eigenvalue weighted by Gasteiger charge is -2.38. The Morgan fingerprint density at radius 3 is 2.41 bits per heavy atom. The molecule has 2 aromatic carbocycles. The second-order valence-electron chi connectivity index (χ2n) is 7.40. The number of nitrogens with one attached hydrogen (secondary N) is 1. The summed E-state index contributed by atoms with van der Waals surface area (Å²) < 4.78 is 1.95. The van der Waals surface area contributed by atoms with Crippen molar-refractivity contribution in [1.82, 2.24) is 19.7 Å². The average molecular weight is 424 g/mol. The highest BCUT2D eigenvalue weighted by Crippen LogP contribution is 2.40. The zero-order chi connectivity index (χ0) is 20.0. The monoisotopic (exact) mass is 423 g/mol. The lowest BCUT2D eigenvalue weighted by atomic mass is 9.89. The molecule has 0 unspecified atom stereocenters. The third-order valence-corrected chi connectivity index (χ3v) is 5.81. The summed E-state index contributed by atoms with van der Waals surface area (Å²) in [6, 6.07) is 15.8. The van der Waals surface area contributed by atoms with E-state index in [1.165, 1.54) is 11.1 Å². The topological polar surface area (TPSA) is 46.0 Å². The molecule has 0 radical (unpaired) electrons. The van der Waals surface area contributed by atoms with Gasteiger partial charge in [0.2, 0.25) is 5.95 Å². The van der Waals surface area contributed by atoms with Crippen molar-refractivity contribution in [1.29, 1.82) is 0 Å². The molecule has 0 amide bonds. The Hall–Kier alpha value is -2.60. The number of rotatable bonds is 2. The van der Waals surface area contributed by atoms with Crippen molar-refractivity contribution in [2.45, 2.75) is 6.04 Å². The summed E-state index contributed by atoms with van der Waals surface area (Å²) in [6.07, 6.45) is 3.80. The molecule has 0 fully saturated rings. The van der Waals surface area contributed by atoms with Crippen LogP contribution in [0.4, 0.5) is 5.95 Å². The second-order valence-corrected chi connectivity index (χ2v) is 8.27. The third-order valence-electron chi connectivity index (χ3n) is 5.30. The largest absolute Gasteiger partial charge is 0.324 e. The van der Waals surface area contributed by atoms with Crippen molar-refractivity contribution >= 4 is 35.2 Å². The minimum absolute atomic E-state index is 0.0302. The van der Waals surface area contributed by atoms with Crippen LogP contribution in [0.2, 0.25) is 10.0 Å². The molecule has 2 aliphatic rings. The number of benzene rings is 2. The van der Waals surface area contributed by atoms with Gasteiger partial charge >= 0.3 is 0 Å². The van der Waals surface area contributed by atoms with E-state index in [1.807, 2.05) is 41.1 Å². The van der Waals surface area contributed by atoms with Gasteiger partial charge < -0.3 is 5.32 Å². The number of fused-ring (bicyclic) bond motifs is 1. The number of hydrogen-bond donors (Lipinski definition) is 1. The quantitative estimate of drug-likeness (QED) is 0.637. The van der Waals surface area contributed by atoms with E-state index in [-0.39, 0.29) is 6.04 Å². The van der Waals surface area contributed by atoms with Crippen LogP contribution in [0.5, 0.6) is 0 Å². The lowest BCUT2D eigenvalue weighted by Crippen LogP contribution is -2.38. The first kappa shape index (κ1) is 18.4. The molecule has 29 heavy (non-hydrogen) atoms. The molecule has 5 nitrogen and oxygen atoms in total. The molecule has 1 aromatic heterocycles. The number of anilines is 1. The average Bonchev–Trinajstić information content (AvgIpc) is 3.17. The van der Waals surface area contributed by atoms with E-state index in [0.717, 1.165) is 45.9 Å². The fourth-order valence-electron chi connectivity index (χ4n) is 4.04. The summed E-state index contributed by atoms with van der Waals surface area (Å²) in [5.74, 6) is 0.746. The fraction of sp³-hybridized carbons (Fsp3) is 0.182. The van der Waals surface area contributed by atoms with E-state index in [0.29, 0.717) is 0 Å². The van der Waals surface area contributed by atoms with Crippen LogP contribution >= 0.6 is 23.2 Å². The minimum atomic E-state index is -0.0302. The molecule has 0 aliphatic carbocycles. The van der Waals surface area contributed by atoms with Crippen LogP contribution in [0, 0.1) is 0 Å². The van der Waals surface area contributed by atoms with E-state index in [1.54, 1.807) is 6.33 Å². The van der Waals surface area contributed by atoms with Gasteiger partial charge in [0.15, 0.2) is 0 Å². The van der Waals surface area contributed by atoms with Gasteiger partial charge in [-0.1, -0.05) is 47.5 Å². The first-order valence-electron chi connectivity index (χ1n) is 9.38. The van der Waals surface area contributed by atoms with Crippen LogP contribution in [0.1, 0.15) is 17.2 Å². The Kier molecular flexibility index (Phi) is 4.66. The molecule has 1 atom stereocenters. The highest BCUT2D eigenvalue weighted by molar-refractivity contribution is 6.30. The summed E-state index contributed by atoms with van der Waals surface area (Å²) in [5.41, 5.74) is 5.85. The van der Waals surface area contributed by atoms with Gasteiger partial charge in [0.05, 0.1) is 0 Å². The van der Waals surface area contributed by atoms with E-state index < -0.39 is 0 Å². The van der Waals surface area contributed by atoms with Gasteiger partial charge in [0.25, 0.3) is 0 Å². The summed E-state index contributed by atoms with van der Waals surface area (Å²) >= 11 is 12.2. The molecule has 3 heterocycles. The van der Waals surface area contributed by atoms with Crippen molar-refractivity contribution in [3.8, 4) is 0 Å². The molecule has 0 spiro atoms. The standard InChI is InChI=1S/C22H19Cl2N5/c1-28-11-16(10-14-2-6-17(23)7-3-14)20-19(12-28)21(15-4-8-18(24)9-5-15)29-22(27-20)25-13-26-29/h2-10,13,21H,11-12H2,1H3,(H,25,26,27)/b16-10+/t21-/m0/s1. The summed E-state index contributed by atoms with van der Waals surface area (Å²) in [7, 11) is 2.13. The molecule has 2 aliphatic heterocycles. The van der Waals surface area contributed by atoms with Crippen molar-refractivity contribution in [2.75, 3.05) is 25.5 Å². The van der Waals surface area contributed by atoms with Crippen LogP contribution in [0.25, 0.3) is 6.08 Å². The molecular weight excluding hydrogens is 405 g/mol. The molecule has 0 saturated carbocycles. The van der Waals surface area contributed by atoms with Gasteiger partial charge in [-0.15, -0.1) is 0 Å². The van der Waals surface area contributed by atoms with Crippen LogP contribution in [-0.4, -0.2) is 39.8 Å². The van der Waals surface area contributed by atoms with E-state index >= 15 is 0 Å². The number of aromatic nitrogens is 3. The van der Waals surface area contributed by atoms with Gasteiger partial charge in [0, 0.05) is 28.8 Å². The van der Waals surface area contributed by atoms with Crippen LogP contribution < -0.4 is 5.32 Å². The predicted octanol–water partition coefficient (Wildman–Crippen LogP) is 4.88. The second kappa shape index (κ2) is 7.34. The van der Waals surface area contributed by atoms with E-state index in [2.05, 4.69) is 45.6 Å². The fourth-order valence-corrected chi connectivity index (χ4v) is 4.29. The van der Waals surface area contributed by atoms with Gasteiger partial charge in [-0.25, -0.2) is 4.68 Å². The molecule has 1 N–H and O–H groups in total. The van der Waals surface area contributed by atoms with Crippen molar-refractivity contribution in [2.24, 2.45) is 0 Å². The smallest absolute Gasteiger partial charge is 0.226 e.